The Kier molecular flexibility index (Phi) is 4.56. The second kappa shape index (κ2) is 5.51. The van der Waals surface area contributed by atoms with E-state index >= 15 is 0 Å². The number of nitrogens with one attached hydrogen (secondary N) is 1. The lowest BCUT2D eigenvalue weighted by atomic mass is 9.88. The van der Waals surface area contributed by atoms with E-state index in [1.165, 1.54) is 12.1 Å². The molecule has 4 heteroatoms. The van der Waals surface area contributed by atoms with E-state index in [-0.39, 0.29) is 17.8 Å². The monoisotopic (exact) mass is 245 g/mol. The summed E-state index contributed by atoms with van der Waals surface area (Å²) in [5.74, 6) is -0.333. The van der Waals surface area contributed by atoms with Crippen LogP contribution in [0.15, 0.2) is 18.2 Å². The van der Waals surface area contributed by atoms with Crippen LogP contribution in [0.5, 0.6) is 0 Å². The molecule has 16 heavy (non-hydrogen) atoms. The van der Waals surface area contributed by atoms with E-state index in [2.05, 4.69) is 5.32 Å². The summed E-state index contributed by atoms with van der Waals surface area (Å²) in [6.45, 7) is 4.52. The second-order valence-corrected chi connectivity index (χ2v) is 4.74. The molecule has 0 saturated carbocycles. The maximum Gasteiger partial charge on any atom is 0.146 e. The molecule has 0 spiro atoms. The summed E-state index contributed by atoms with van der Waals surface area (Å²) in [5, 5.41) is 12.7. The van der Waals surface area contributed by atoms with Gasteiger partial charge < -0.3 is 10.4 Å². The first-order chi connectivity index (χ1) is 7.50. The molecule has 0 aliphatic carbocycles. The van der Waals surface area contributed by atoms with Gasteiger partial charge >= 0.3 is 0 Å². The second-order valence-electron chi connectivity index (χ2n) is 4.30. The Bertz CT molecular complexity index is 353. The van der Waals surface area contributed by atoms with Crippen LogP contribution in [0.1, 0.15) is 20.3 Å². The highest BCUT2D eigenvalue weighted by Crippen LogP contribution is 2.24. The van der Waals surface area contributed by atoms with Gasteiger partial charge in [-0.3, -0.25) is 0 Å². The summed E-state index contributed by atoms with van der Waals surface area (Å²) in [5.41, 5.74) is 0.134. The Morgan fingerprint density at radius 1 is 1.50 bits per heavy atom. The van der Waals surface area contributed by atoms with Crippen molar-refractivity contribution in [3.8, 4) is 0 Å². The summed E-state index contributed by atoms with van der Waals surface area (Å²) >= 11 is 5.78. The number of aliphatic hydroxyl groups excluding tert-OH is 1. The fourth-order valence-corrected chi connectivity index (χ4v) is 1.41. The molecule has 0 aromatic heterocycles. The molecule has 1 aromatic rings. The summed E-state index contributed by atoms with van der Waals surface area (Å²) in [6.07, 6.45) is 0.818. The van der Waals surface area contributed by atoms with Crippen LogP contribution < -0.4 is 5.32 Å². The Morgan fingerprint density at radius 2 is 2.19 bits per heavy atom. The smallest absolute Gasteiger partial charge is 0.146 e. The first kappa shape index (κ1) is 13.3. The molecule has 1 unspecified atom stereocenters. The Balaban J connectivity index is 2.70. The van der Waals surface area contributed by atoms with Crippen LogP contribution in [-0.4, -0.2) is 18.3 Å². The highest BCUT2D eigenvalue weighted by atomic mass is 35.5. The minimum atomic E-state index is -0.333. The van der Waals surface area contributed by atoms with Gasteiger partial charge in [0.05, 0.1) is 12.3 Å². The average molecular weight is 246 g/mol. The minimum Gasteiger partial charge on any atom is -0.396 e. The van der Waals surface area contributed by atoms with Crippen LogP contribution in [-0.2, 0) is 0 Å². The van der Waals surface area contributed by atoms with Gasteiger partial charge in [-0.15, -0.1) is 0 Å². The van der Waals surface area contributed by atoms with Crippen molar-refractivity contribution in [3.05, 3.63) is 29.0 Å². The zero-order valence-corrected chi connectivity index (χ0v) is 10.3. The average Bonchev–Trinajstić information content (AvgIpc) is 2.30. The summed E-state index contributed by atoms with van der Waals surface area (Å²) < 4.78 is 13.4. The van der Waals surface area contributed by atoms with Crippen LogP contribution >= 0.6 is 11.6 Å². The molecule has 0 fully saturated rings. The van der Waals surface area contributed by atoms with E-state index in [1.54, 1.807) is 6.07 Å². The number of anilines is 1. The van der Waals surface area contributed by atoms with Crippen molar-refractivity contribution < 1.29 is 9.50 Å². The normalized spacial score (nSPS) is 14.6. The highest BCUT2D eigenvalue weighted by Gasteiger charge is 2.21. The van der Waals surface area contributed by atoms with Gasteiger partial charge in [0.25, 0.3) is 0 Å². The van der Waals surface area contributed by atoms with Gasteiger partial charge in [-0.05, 0) is 24.6 Å². The van der Waals surface area contributed by atoms with Gasteiger partial charge in [-0.25, -0.2) is 4.39 Å². The van der Waals surface area contributed by atoms with Crippen LogP contribution in [0.4, 0.5) is 10.1 Å². The van der Waals surface area contributed by atoms with E-state index in [1.807, 2.05) is 13.8 Å². The topological polar surface area (TPSA) is 32.3 Å². The molecule has 2 nitrogen and oxygen atoms in total. The van der Waals surface area contributed by atoms with Crippen molar-refractivity contribution in [1.82, 2.24) is 0 Å². The van der Waals surface area contributed by atoms with Crippen molar-refractivity contribution in [2.75, 3.05) is 18.5 Å². The maximum atomic E-state index is 13.4. The third-order valence-corrected chi connectivity index (χ3v) is 3.10. The molecule has 1 rings (SSSR count). The van der Waals surface area contributed by atoms with Crippen LogP contribution in [0.2, 0.25) is 5.02 Å². The van der Waals surface area contributed by atoms with Gasteiger partial charge in [0, 0.05) is 17.0 Å². The molecule has 0 heterocycles. The van der Waals surface area contributed by atoms with E-state index in [4.69, 9.17) is 11.6 Å². The fourth-order valence-electron chi connectivity index (χ4n) is 1.23. The van der Waals surface area contributed by atoms with E-state index in [0.717, 1.165) is 6.42 Å². The SMILES string of the molecule is CCC(C)(CO)CNc1cc(Cl)ccc1F. The van der Waals surface area contributed by atoms with Crippen molar-refractivity contribution in [2.45, 2.75) is 20.3 Å². The zero-order valence-electron chi connectivity index (χ0n) is 9.56. The summed E-state index contributed by atoms with van der Waals surface area (Å²) in [6, 6.07) is 4.38. The lowest BCUT2D eigenvalue weighted by molar-refractivity contribution is 0.149. The van der Waals surface area contributed by atoms with Gasteiger partial charge in [0.15, 0.2) is 0 Å². The molecule has 90 valence electrons. The van der Waals surface area contributed by atoms with Crippen LogP contribution in [0.25, 0.3) is 0 Å². The van der Waals surface area contributed by atoms with Crippen molar-refractivity contribution in [2.24, 2.45) is 5.41 Å². The molecule has 2 N–H and O–H groups in total. The number of hydrogen-bond acceptors (Lipinski definition) is 2. The Morgan fingerprint density at radius 3 is 2.75 bits per heavy atom. The van der Waals surface area contributed by atoms with Crippen LogP contribution in [0, 0.1) is 11.2 Å². The Labute approximate surface area is 100 Å². The van der Waals surface area contributed by atoms with Crippen molar-refractivity contribution in [1.29, 1.82) is 0 Å². The van der Waals surface area contributed by atoms with E-state index < -0.39 is 0 Å². The minimum absolute atomic E-state index is 0.0681. The summed E-state index contributed by atoms with van der Waals surface area (Å²) in [4.78, 5) is 0. The molecular formula is C12H17ClFNO. The number of benzene rings is 1. The number of halogens is 2. The van der Waals surface area contributed by atoms with E-state index in [0.29, 0.717) is 17.3 Å². The fraction of sp³-hybridized carbons (Fsp3) is 0.500. The van der Waals surface area contributed by atoms with Gasteiger partial charge in [-0.2, -0.15) is 0 Å². The lowest BCUT2D eigenvalue weighted by Crippen LogP contribution is -2.29. The van der Waals surface area contributed by atoms with Crippen molar-refractivity contribution >= 4 is 17.3 Å². The quantitative estimate of drug-likeness (QED) is 0.834. The molecule has 0 radical (unpaired) electrons. The molecule has 1 atom stereocenters. The van der Waals surface area contributed by atoms with E-state index in [9.17, 15) is 9.50 Å². The van der Waals surface area contributed by atoms with Crippen LogP contribution in [0.3, 0.4) is 0 Å². The Hall–Kier alpha value is -0.800. The maximum absolute atomic E-state index is 13.4. The number of aliphatic hydroxyl groups is 1. The molecule has 1 aromatic carbocycles. The number of hydrogen-bond donors (Lipinski definition) is 2. The predicted molar refractivity (Wildman–Crippen MR) is 65.4 cm³/mol. The zero-order chi connectivity index (χ0) is 12.2. The third kappa shape index (κ3) is 3.35. The van der Waals surface area contributed by atoms with Gasteiger partial charge in [-0.1, -0.05) is 25.4 Å². The van der Waals surface area contributed by atoms with Gasteiger partial charge in [0.2, 0.25) is 0 Å². The first-order valence-corrected chi connectivity index (χ1v) is 5.68. The summed E-state index contributed by atoms with van der Waals surface area (Å²) in [7, 11) is 0. The molecule has 0 aliphatic rings. The first-order valence-electron chi connectivity index (χ1n) is 5.30. The molecular weight excluding hydrogens is 229 g/mol. The lowest BCUT2D eigenvalue weighted by Gasteiger charge is -2.26. The largest absolute Gasteiger partial charge is 0.396 e. The number of rotatable bonds is 5. The third-order valence-electron chi connectivity index (χ3n) is 2.87. The molecule has 0 amide bonds. The standard InChI is InChI=1S/C12H17ClFNO/c1-3-12(2,8-16)7-15-11-6-9(13)4-5-10(11)14/h4-6,15-16H,3,7-8H2,1-2H3. The predicted octanol–water partition coefficient (Wildman–Crippen LogP) is 3.30. The van der Waals surface area contributed by atoms with Gasteiger partial charge in [0.1, 0.15) is 5.82 Å². The molecule has 0 aliphatic heterocycles. The highest BCUT2D eigenvalue weighted by molar-refractivity contribution is 6.30. The van der Waals surface area contributed by atoms with Crippen molar-refractivity contribution in [3.63, 3.8) is 0 Å². The molecule has 0 saturated heterocycles. The molecule has 0 bridgehead atoms.